The Kier molecular flexibility index (Phi) is 5.12. The standard InChI is InChI=1S/C12H13F4N3O2/c1-2-9(10(17)19-21)18-11(20)6-3-4-8(13)7(5-6)12(14,15)16/h3-5,9,21H,2H2,1H3,(H2,17,19)(H,18,20). The summed E-state index contributed by atoms with van der Waals surface area (Å²) < 4.78 is 50.8. The van der Waals surface area contributed by atoms with Gasteiger partial charge < -0.3 is 16.3 Å². The van der Waals surface area contributed by atoms with E-state index < -0.39 is 29.5 Å². The number of amidine groups is 1. The van der Waals surface area contributed by atoms with Gasteiger partial charge in [-0.25, -0.2) is 4.39 Å². The zero-order valence-corrected chi connectivity index (χ0v) is 10.9. The Hall–Kier alpha value is -2.32. The second-order valence-electron chi connectivity index (χ2n) is 4.15. The smallest absolute Gasteiger partial charge is 0.409 e. The van der Waals surface area contributed by atoms with E-state index in [1.165, 1.54) is 0 Å². The molecule has 1 unspecified atom stereocenters. The Morgan fingerprint density at radius 2 is 2.10 bits per heavy atom. The van der Waals surface area contributed by atoms with Crippen LogP contribution >= 0.6 is 0 Å². The molecule has 116 valence electrons. The summed E-state index contributed by atoms with van der Waals surface area (Å²) in [7, 11) is 0. The predicted molar refractivity (Wildman–Crippen MR) is 66.4 cm³/mol. The molecule has 0 aliphatic rings. The van der Waals surface area contributed by atoms with Crippen molar-refractivity contribution in [3.05, 3.63) is 35.1 Å². The van der Waals surface area contributed by atoms with Crippen molar-refractivity contribution in [1.29, 1.82) is 0 Å². The molecule has 0 saturated carbocycles. The first-order chi connectivity index (χ1) is 9.70. The van der Waals surface area contributed by atoms with Gasteiger partial charge in [0.2, 0.25) is 0 Å². The van der Waals surface area contributed by atoms with Crippen LogP contribution in [0.3, 0.4) is 0 Å². The summed E-state index contributed by atoms with van der Waals surface area (Å²) in [5, 5.41) is 13.5. The summed E-state index contributed by atoms with van der Waals surface area (Å²) >= 11 is 0. The number of nitrogens with zero attached hydrogens (tertiary/aromatic N) is 1. The highest BCUT2D eigenvalue weighted by Gasteiger charge is 2.34. The lowest BCUT2D eigenvalue weighted by atomic mass is 10.1. The maximum Gasteiger partial charge on any atom is 0.419 e. The third kappa shape index (κ3) is 4.07. The van der Waals surface area contributed by atoms with E-state index in [0.29, 0.717) is 12.1 Å². The Morgan fingerprint density at radius 1 is 1.48 bits per heavy atom. The molecule has 4 N–H and O–H groups in total. The van der Waals surface area contributed by atoms with Gasteiger partial charge in [0, 0.05) is 5.56 Å². The number of rotatable bonds is 4. The quantitative estimate of drug-likeness (QED) is 0.262. The molecular weight excluding hydrogens is 294 g/mol. The van der Waals surface area contributed by atoms with Crippen LogP contribution in [-0.4, -0.2) is 23.0 Å². The van der Waals surface area contributed by atoms with E-state index in [1.807, 2.05) is 0 Å². The molecule has 5 nitrogen and oxygen atoms in total. The topological polar surface area (TPSA) is 87.7 Å². The van der Waals surface area contributed by atoms with Crippen LogP contribution in [0, 0.1) is 5.82 Å². The first-order valence-corrected chi connectivity index (χ1v) is 5.85. The highest BCUT2D eigenvalue weighted by molar-refractivity contribution is 5.98. The molecule has 9 heteroatoms. The fourth-order valence-electron chi connectivity index (χ4n) is 1.58. The first-order valence-electron chi connectivity index (χ1n) is 5.85. The van der Waals surface area contributed by atoms with E-state index in [4.69, 9.17) is 10.9 Å². The van der Waals surface area contributed by atoms with E-state index >= 15 is 0 Å². The molecule has 1 aromatic carbocycles. The van der Waals surface area contributed by atoms with Crippen LogP contribution in [0.4, 0.5) is 17.6 Å². The summed E-state index contributed by atoms with van der Waals surface area (Å²) in [4.78, 5) is 11.8. The second kappa shape index (κ2) is 6.42. The molecule has 0 saturated heterocycles. The lowest BCUT2D eigenvalue weighted by Crippen LogP contribution is -2.44. The molecule has 0 fully saturated rings. The summed E-state index contributed by atoms with van der Waals surface area (Å²) in [5.74, 6) is -2.65. The number of carbonyl (C=O) groups excluding carboxylic acids is 1. The van der Waals surface area contributed by atoms with E-state index in [9.17, 15) is 22.4 Å². The highest BCUT2D eigenvalue weighted by atomic mass is 19.4. The van der Waals surface area contributed by atoms with Crippen molar-refractivity contribution in [1.82, 2.24) is 5.32 Å². The average molecular weight is 307 g/mol. The molecule has 0 bridgehead atoms. The third-order valence-corrected chi connectivity index (χ3v) is 2.72. The molecule has 1 aromatic rings. The number of carbonyl (C=O) groups is 1. The molecule has 0 aliphatic heterocycles. The lowest BCUT2D eigenvalue weighted by molar-refractivity contribution is -0.140. The van der Waals surface area contributed by atoms with Gasteiger partial charge in [-0.05, 0) is 24.6 Å². The van der Waals surface area contributed by atoms with Crippen LogP contribution in [0.5, 0.6) is 0 Å². The number of oxime groups is 1. The third-order valence-electron chi connectivity index (χ3n) is 2.72. The van der Waals surface area contributed by atoms with Crippen molar-refractivity contribution < 1.29 is 27.6 Å². The molecule has 0 aromatic heterocycles. The summed E-state index contributed by atoms with van der Waals surface area (Å²) in [6.45, 7) is 1.62. The molecule has 0 spiro atoms. The molecule has 1 amide bonds. The number of nitrogens with two attached hydrogens (primary N) is 1. The summed E-state index contributed by atoms with van der Waals surface area (Å²) in [6, 6.07) is 1.03. The number of alkyl halides is 3. The highest BCUT2D eigenvalue weighted by Crippen LogP contribution is 2.31. The summed E-state index contributed by atoms with van der Waals surface area (Å²) in [6.07, 6.45) is -4.65. The Bertz CT molecular complexity index is 558. The monoisotopic (exact) mass is 307 g/mol. The van der Waals surface area contributed by atoms with Gasteiger partial charge in [-0.3, -0.25) is 4.79 Å². The Balaban J connectivity index is 3.04. The van der Waals surface area contributed by atoms with Crippen molar-refractivity contribution in [2.45, 2.75) is 25.6 Å². The fraction of sp³-hybridized carbons (Fsp3) is 0.333. The second-order valence-corrected chi connectivity index (χ2v) is 4.15. The van der Waals surface area contributed by atoms with Gasteiger partial charge in [0.25, 0.3) is 5.91 Å². The van der Waals surface area contributed by atoms with Crippen LogP contribution in [-0.2, 0) is 6.18 Å². The zero-order chi connectivity index (χ0) is 16.2. The van der Waals surface area contributed by atoms with Crippen molar-refractivity contribution in [2.24, 2.45) is 10.9 Å². The van der Waals surface area contributed by atoms with E-state index in [0.717, 1.165) is 6.07 Å². The predicted octanol–water partition coefficient (Wildman–Crippen LogP) is 2.10. The fourth-order valence-corrected chi connectivity index (χ4v) is 1.58. The van der Waals surface area contributed by atoms with Crippen LogP contribution in [0.1, 0.15) is 29.3 Å². The normalized spacial score (nSPS) is 13.9. The van der Waals surface area contributed by atoms with Crippen LogP contribution in [0.2, 0.25) is 0 Å². The van der Waals surface area contributed by atoms with Crippen LogP contribution in [0.15, 0.2) is 23.4 Å². The average Bonchev–Trinajstić information content (AvgIpc) is 2.42. The largest absolute Gasteiger partial charge is 0.419 e. The first kappa shape index (κ1) is 16.7. The minimum absolute atomic E-state index is 0.259. The zero-order valence-electron chi connectivity index (χ0n) is 10.9. The van der Waals surface area contributed by atoms with E-state index in [-0.39, 0.29) is 17.8 Å². The number of hydrogen-bond donors (Lipinski definition) is 3. The maximum absolute atomic E-state index is 13.1. The van der Waals surface area contributed by atoms with E-state index in [1.54, 1.807) is 6.92 Å². The van der Waals surface area contributed by atoms with E-state index in [2.05, 4.69) is 10.5 Å². The van der Waals surface area contributed by atoms with Gasteiger partial charge in [-0.1, -0.05) is 12.1 Å². The van der Waals surface area contributed by atoms with Crippen LogP contribution < -0.4 is 11.1 Å². The molecule has 1 rings (SSSR count). The van der Waals surface area contributed by atoms with Crippen LogP contribution in [0.25, 0.3) is 0 Å². The Labute approximate surface area is 117 Å². The van der Waals surface area contributed by atoms with Gasteiger partial charge in [0.1, 0.15) is 5.82 Å². The van der Waals surface area contributed by atoms with Crippen molar-refractivity contribution >= 4 is 11.7 Å². The van der Waals surface area contributed by atoms with Gasteiger partial charge >= 0.3 is 6.18 Å². The van der Waals surface area contributed by atoms with Gasteiger partial charge in [-0.2, -0.15) is 13.2 Å². The van der Waals surface area contributed by atoms with Crippen molar-refractivity contribution in [2.75, 3.05) is 0 Å². The van der Waals surface area contributed by atoms with Gasteiger partial charge in [0.05, 0.1) is 11.6 Å². The minimum Gasteiger partial charge on any atom is -0.409 e. The van der Waals surface area contributed by atoms with Crippen molar-refractivity contribution in [3.8, 4) is 0 Å². The minimum atomic E-state index is -4.91. The number of amides is 1. The van der Waals surface area contributed by atoms with Gasteiger partial charge in [-0.15, -0.1) is 0 Å². The number of benzene rings is 1. The van der Waals surface area contributed by atoms with Gasteiger partial charge in [0.15, 0.2) is 5.84 Å². The van der Waals surface area contributed by atoms with Crippen molar-refractivity contribution in [3.63, 3.8) is 0 Å². The lowest BCUT2D eigenvalue weighted by Gasteiger charge is -2.16. The molecule has 0 radical (unpaired) electrons. The maximum atomic E-state index is 13.1. The Morgan fingerprint density at radius 3 is 2.57 bits per heavy atom. The number of halogens is 4. The molecule has 0 heterocycles. The number of nitrogens with one attached hydrogen (secondary N) is 1. The molecule has 0 aliphatic carbocycles. The molecule has 21 heavy (non-hydrogen) atoms. The molecular formula is C12H13F4N3O2. The summed E-state index contributed by atoms with van der Waals surface area (Å²) in [5.41, 5.74) is 3.41. The SMILES string of the molecule is CCC(NC(=O)c1ccc(F)c(C(F)(F)F)c1)C(N)=NO. The number of hydrogen-bond acceptors (Lipinski definition) is 3. The molecule has 1 atom stereocenters.